The summed E-state index contributed by atoms with van der Waals surface area (Å²) in [4.78, 5) is 2.66. The average molecular weight is 400 g/mol. The molecule has 0 aromatic heterocycles. The first kappa shape index (κ1) is 20.3. The van der Waals surface area contributed by atoms with Crippen LogP contribution in [0.5, 0.6) is 0 Å². The fourth-order valence-electron chi connectivity index (χ4n) is 5.62. The molecule has 4 heteroatoms. The van der Waals surface area contributed by atoms with Crippen LogP contribution in [0.1, 0.15) is 38.5 Å². The lowest BCUT2D eigenvalue weighted by Gasteiger charge is -2.57. The van der Waals surface area contributed by atoms with Gasteiger partial charge < -0.3 is 9.84 Å². The summed E-state index contributed by atoms with van der Waals surface area (Å²) in [6, 6.07) is 0. The van der Waals surface area contributed by atoms with Crippen molar-refractivity contribution in [1.82, 2.24) is 4.90 Å². The third-order valence-corrected chi connectivity index (χ3v) is 7.11. The largest absolute Gasteiger partial charge is 0.394 e. The number of ether oxygens (including phenoxy) is 1. The summed E-state index contributed by atoms with van der Waals surface area (Å²) in [6.45, 7) is 1.74. The van der Waals surface area contributed by atoms with E-state index < -0.39 is 0 Å². The first-order chi connectivity index (χ1) is 13.7. The van der Waals surface area contributed by atoms with Crippen molar-refractivity contribution in [3.05, 3.63) is 60.3 Å². The van der Waals surface area contributed by atoms with Crippen molar-refractivity contribution >= 4 is 9.24 Å². The van der Waals surface area contributed by atoms with Crippen molar-refractivity contribution < 1.29 is 9.84 Å². The van der Waals surface area contributed by atoms with E-state index >= 15 is 0 Å². The number of allylic oxidation sites excluding steroid dienone is 6. The van der Waals surface area contributed by atoms with Gasteiger partial charge in [-0.1, -0.05) is 54.7 Å². The van der Waals surface area contributed by atoms with Crippen LogP contribution in [0.3, 0.4) is 0 Å². The van der Waals surface area contributed by atoms with E-state index in [1.54, 1.807) is 0 Å². The number of hydrogen-bond donors (Lipinski definition) is 1. The predicted molar refractivity (Wildman–Crippen MR) is 119 cm³/mol. The quantitative estimate of drug-likeness (QED) is 0.550. The Labute approximate surface area is 172 Å². The van der Waals surface area contributed by atoms with Crippen LogP contribution < -0.4 is 0 Å². The van der Waals surface area contributed by atoms with Gasteiger partial charge in [0.25, 0.3) is 0 Å². The third-order valence-electron chi connectivity index (χ3n) is 6.74. The minimum Gasteiger partial charge on any atom is -0.394 e. The first-order valence-electron chi connectivity index (χ1n) is 10.9. The van der Waals surface area contributed by atoms with E-state index in [-0.39, 0.29) is 24.1 Å². The standard InChI is InChI=1S/C24H34NO2P/c26-18-22-16-25(17-23(28)27-22)24(19-10-4-1-5-11-19,20-12-6-2-7-13-20)21-14-8-3-9-15-21/h1,4-6,8,10,12-14,19,21-23,26H,2-3,7,9,11,15-18,28H2/t19-,21?,22?,23?,24?/m0/s1. The molecule has 0 bridgehead atoms. The molecular weight excluding hydrogens is 365 g/mol. The van der Waals surface area contributed by atoms with Crippen molar-refractivity contribution in [3.8, 4) is 0 Å². The SMILES string of the molecule is OCC1CN(C(C2=CCCC=C2)(C2C=CCCC2)[C@H]2C=CC=CC2)CC(P)O1. The molecular formula is C24H34NO2P. The first-order valence-corrected chi connectivity index (χ1v) is 11.6. The fourth-order valence-corrected chi connectivity index (χ4v) is 6.10. The summed E-state index contributed by atoms with van der Waals surface area (Å²) >= 11 is 0. The number of morpholine rings is 1. The van der Waals surface area contributed by atoms with E-state index in [1.165, 1.54) is 24.8 Å². The molecule has 0 saturated carbocycles. The summed E-state index contributed by atoms with van der Waals surface area (Å²) in [6.07, 6.45) is 28.1. The van der Waals surface area contributed by atoms with E-state index in [9.17, 15) is 5.11 Å². The Morgan fingerprint density at radius 2 is 2.00 bits per heavy atom. The van der Waals surface area contributed by atoms with E-state index in [1.807, 2.05) is 0 Å². The Balaban J connectivity index is 1.84. The molecule has 3 aliphatic carbocycles. The highest BCUT2D eigenvalue weighted by Crippen LogP contribution is 2.49. The minimum absolute atomic E-state index is 0.0501. The van der Waals surface area contributed by atoms with Crippen LogP contribution in [0.4, 0.5) is 0 Å². The van der Waals surface area contributed by atoms with Crippen LogP contribution in [0.15, 0.2) is 60.3 Å². The molecule has 0 amide bonds. The zero-order valence-corrected chi connectivity index (χ0v) is 17.9. The third kappa shape index (κ3) is 3.87. The van der Waals surface area contributed by atoms with Crippen molar-refractivity contribution in [2.45, 2.75) is 56.0 Å². The lowest BCUT2D eigenvalue weighted by atomic mass is 9.62. The van der Waals surface area contributed by atoms with E-state index in [2.05, 4.69) is 68.8 Å². The van der Waals surface area contributed by atoms with Gasteiger partial charge in [-0.05, 0) is 50.0 Å². The Bertz CT molecular complexity index is 691. The molecule has 28 heavy (non-hydrogen) atoms. The van der Waals surface area contributed by atoms with Gasteiger partial charge in [0, 0.05) is 19.0 Å². The van der Waals surface area contributed by atoms with Crippen molar-refractivity contribution in [2.24, 2.45) is 11.8 Å². The molecule has 0 spiro atoms. The molecule has 1 saturated heterocycles. The molecule has 1 fully saturated rings. The second-order valence-corrected chi connectivity index (χ2v) is 9.21. The second kappa shape index (κ2) is 9.22. The Morgan fingerprint density at radius 3 is 2.68 bits per heavy atom. The van der Waals surface area contributed by atoms with Crippen molar-refractivity contribution in [1.29, 1.82) is 0 Å². The summed E-state index contributed by atoms with van der Waals surface area (Å²) in [7, 11) is 2.84. The molecule has 1 N–H and O–H groups in total. The minimum atomic E-state index is -0.125. The highest BCUT2D eigenvalue weighted by molar-refractivity contribution is 7.17. The fraction of sp³-hybridized carbons (Fsp3) is 0.583. The number of hydrogen-bond acceptors (Lipinski definition) is 3. The van der Waals surface area contributed by atoms with Crippen molar-refractivity contribution in [2.75, 3.05) is 19.7 Å². The lowest BCUT2D eigenvalue weighted by Crippen LogP contribution is -2.65. The summed E-state index contributed by atoms with van der Waals surface area (Å²) < 4.78 is 6.01. The highest BCUT2D eigenvalue weighted by Gasteiger charge is 2.51. The maximum absolute atomic E-state index is 9.89. The molecule has 4 aliphatic rings. The van der Waals surface area contributed by atoms with Gasteiger partial charge in [-0.15, -0.1) is 9.24 Å². The average Bonchev–Trinajstić information content (AvgIpc) is 2.76. The van der Waals surface area contributed by atoms with Crippen LogP contribution in [-0.2, 0) is 4.74 Å². The molecule has 0 aromatic carbocycles. The van der Waals surface area contributed by atoms with Gasteiger partial charge >= 0.3 is 0 Å². The Hall–Kier alpha value is -0.990. The lowest BCUT2D eigenvalue weighted by molar-refractivity contribution is -0.109. The van der Waals surface area contributed by atoms with Gasteiger partial charge in [-0.25, -0.2) is 0 Å². The van der Waals surface area contributed by atoms with Crippen LogP contribution in [0, 0.1) is 11.8 Å². The molecule has 152 valence electrons. The maximum atomic E-state index is 9.89. The Morgan fingerprint density at radius 1 is 1.07 bits per heavy atom. The van der Waals surface area contributed by atoms with Crippen LogP contribution in [0.2, 0.25) is 0 Å². The Kier molecular flexibility index (Phi) is 6.68. The smallest absolute Gasteiger partial charge is 0.0941 e. The topological polar surface area (TPSA) is 32.7 Å². The van der Waals surface area contributed by atoms with E-state index in [0.29, 0.717) is 11.8 Å². The highest BCUT2D eigenvalue weighted by atomic mass is 31.0. The molecule has 1 heterocycles. The number of nitrogens with zero attached hydrogens (tertiary/aromatic N) is 1. The molecule has 0 radical (unpaired) electrons. The molecule has 0 aromatic rings. The van der Waals surface area contributed by atoms with Gasteiger partial charge in [0.05, 0.1) is 24.1 Å². The van der Waals surface area contributed by atoms with Gasteiger partial charge in [-0.2, -0.15) is 0 Å². The second-order valence-electron chi connectivity index (χ2n) is 8.47. The molecule has 5 unspecified atom stereocenters. The zero-order valence-electron chi connectivity index (χ0n) is 16.7. The predicted octanol–water partition coefficient (Wildman–Crippen LogP) is 4.38. The van der Waals surface area contributed by atoms with Crippen molar-refractivity contribution in [3.63, 3.8) is 0 Å². The molecule has 6 atom stereocenters. The van der Waals surface area contributed by atoms with Crippen LogP contribution >= 0.6 is 9.24 Å². The molecule has 1 aliphatic heterocycles. The summed E-state index contributed by atoms with van der Waals surface area (Å²) in [5, 5.41) is 9.89. The number of aliphatic hydroxyl groups is 1. The van der Waals surface area contributed by atoms with Crippen LogP contribution in [-0.4, -0.2) is 47.2 Å². The molecule has 4 rings (SSSR count). The van der Waals surface area contributed by atoms with Gasteiger partial charge in [-0.3, -0.25) is 4.90 Å². The van der Waals surface area contributed by atoms with E-state index in [0.717, 1.165) is 32.4 Å². The normalized spacial score (nSPS) is 35.6. The maximum Gasteiger partial charge on any atom is 0.0941 e. The number of aliphatic hydroxyl groups excluding tert-OH is 1. The zero-order chi connectivity index (χ0) is 19.4. The van der Waals surface area contributed by atoms with Crippen LogP contribution in [0.25, 0.3) is 0 Å². The van der Waals surface area contributed by atoms with E-state index in [4.69, 9.17) is 4.74 Å². The summed E-state index contributed by atoms with van der Waals surface area (Å²) in [5.74, 6) is 0.953. The summed E-state index contributed by atoms with van der Waals surface area (Å²) in [5.41, 5.74) is 1.39. The van der Waals surface area contributed by atoms with Gasteiger partial charge in [0.1, 0.15) is 0 Å². The van der Waals surface area contributed by atoms with Gasteiger partial charge in [0.2, 0.25) is 0 Å². The monoisotopic (exact) mass is 399 g/mol. The number of rotatable bonds is 5. The molecule has 3 nitrogen and oxygen atoms in total. The van der Waals surface area contributed by atoms with Gasteiger partial charge in [0.15, 0.2) is 0 Å².